The largest absolute Gasteiger partial charge is 0.368 e. The van der Waals surface area contributed by atoms with E-state index in [9.17, 15) is 4.79 Å². The Balaban J connectivity index is 2.46. The number of rotatable bonds is 3. The first-order chi connectivity index (χ1) is 5.25. The van der Waals surface area contributed by atoms with Gasteiger partial charge in [0.15, 0.2) is 0 Å². The molecule has 2 N–H and O–H groups in total. The maximum absolute atomic E-state index is 10.9. The second-order valence-electron chi connectivity index (χ2n) is 3.07. The van der Waals surface area contributed by atoms with Crippen LogP contribution in [-0.4, -0.2) is 29.9 Å². The van der Waals surface area contributed by atoms with E-state index < -0.39 is 0 Å². The van der Waals surface area contributed by atoms with Crippen LogP contribution in [0.5, 0.6) is 0 Å². The highest BCUT2D eigenvalue weighted by Gasteiger charge is 2.23. The van der Waals surface area contributed by atoms with Crippen LogP contribution in [0, 0.1) is 0 Å². The molecule has 1 aliphatic heterocycles. The lowest BCUT2D eigenvalue weighted by Gasteiger charge is -2.22. The third-order valence-corrected chi connectivity index (χ3v) is 2.30. The predicted octanol–water partition coefficient (Wildman–Crippen LogP) is 0.346. The van der Waals surface area contributed by atoms with Crippen LogP contribution in [-0.2, 0) is 4.79 Å². The van der Waals surface area contributed by atoms with Crippen molar-refractivity contribution in [1.82, 2.24) is 4.90 Å². The summed E-state index contributed by atoms with van der Waals surface area (Å²) in [5, 5.41) is 0. The Morgan fingerprint density at radius 1 is 1.55 bits per heavy atom. The number of hydrogen-bond acceptors (Lipinski definition) is 2. The lowest BCUT2D eigenvalue weighted by Crippen LogP contribution is -2.42. The molecule has 1 saturated heterocycles. The highest BCUT2D eigenvalue weighted by atomic mass is 16.1. The molecule has 1 heterocycles. The van der Waals surface area contributed by atoms with E-state index in [1.807, 2.05) is 6.92 Å². The number of carbonyl (C=O) groups is 1. The van der Waals surface area contributed by atoms with Gasteiger partial charge in [-0.25, -0.2) is 0 Å². The van der Waals surface area contributed by atoms with E-state index in [2.05, 4.69) is 4.90 Å². The Kier molecular flexibility index (Phi) is 2.88. The van der Waals surface area contributed by atoms with E-state index >= 15 is 0 Å². The van der Waals surface area contributed by atoms with Crippen LogP contribution in [0.4, 0.5) is 0 Å². The Labute approximate surface area is 67.5 Å². The van der Waals surface area contributed by atoms with Crippen molar-refractivity contribution in [2.45, 2.75) is 32.2 Å². The quantitative estimate of drug-likeness (QED) is 0.640. The SMILES string of the molecule is CC[C@H](C(N)=O)N1CCCC1. The molecular weight excluding hydrogens is 140 g/mol. The molecule has 0 aromatic carbocycles. The fourth-order valence-electron chi connectivity index (χ4n) is 1.69. The van der Waals surface area contributed by atoms with Gasteiger partial charge in [0.25, 0.3) is 0 Å². The fourth-order valence-corrected chi connectivity index (χ4v) is 1.69. The third-order valence-electron chi connectivity index (χ3n) is 2.30. The molecular formula is C8H16N2O. The molecule has 0 aromatic rings. The zero-order valence-electron chi connectivity index (χ0n) is 7.05. The maximum Gasteiger partial charge on any atom is 0.234 e. The van der Waals surface area contributed by atoms with Gasteiger partial charge in [-0.3, -0.25) is 9.69 Å². The average molecular weight is 156 g/mol. The molecule has 1 rings (SSSR count). The van der Waals surface area contributed by atoms with Gasteiger partial charge in [0.1, 0.15) is 0 Å². The lowest BCUT2D eigenvalue weighted by molar-refractivity contribution is -0.122. The third kappa shape index (κ3) is 1.93. The van der Waals surface area contributed by atoms with Gasteiger partial charge in [-0.1, -0.05) is 6.92 Å². The van der Waals surface area contributed by atoms with Gasteiger partial charge >= 0.3 is 0 Å². The van der Waals surface area contributed by atoms with Gasteiger partial charge in [0.05, 0.1) is 6.04 Å². The molecule has 11 heavy (non-hydrogen) atoms. The molecule has 1 aliphatic rings. The van der Waals surface area contributed by atoms with E-state index in [1.165, 1.54) is 12.8 Å². The molecule has 0 aromatic heterocycles. The standard InChI is InChI=1S/C8H16N2O/c1-2-7(8(9)11)10-5-3-4-6-10/h7H,2-6H2,1H3,(H2,9,11)/t7-/m1/s1. The number of amides is 1. The number of primary amides is 1. The number of hydrogen-bond donors (Lipinski definition) is 1. The van der Waals surface area contributed by atoms with Crippen LogP contribution in [0.25, 0.3) is 0 Å². The van der Waals surface area contributed by atoms with E-state index in [4.69, 9.17) is 5.73 Å². The molecule has 1 amide bonds. The fraction of sp³-hybridized carbons (Fsp3) is 0.875. The monoisotopic (exact) mass is 156 g/mol. The maximum atomic E-state index is 10.9. The Bertz CT molecular complexity index is 141. The number of nitrogens with two attached hydrogens (primary N) is 1. The number of carbonyl (C=O) groups excluding carboxylic acids is 1. The highest BCUT2D eigenvalue weighted by Crippen LogP contribution is 2.13. The van der Waals surface area contributed by atoms with Crippen molar-refractivity contribution in [2.24, 2.45) is 5.73 Å². The van der Waals surface area contributed by atoms with Gasteiger partial charge in [-0.15, -0.1) is 0 Å². The van der Waals surface area contributed by atoms with Gasteiger partial charge in [0.2, 0.25) is 5.91 Å². The van der Waals surface area contributed by atoms with Crippen molar-refractivity contribution in [3.05, 3.63) is 0 Å². The molecule has 64 valence electrons. The van der Waals surface area contributed by atoms with Crippen molar-refractivity contribution in [3.63, 3.8) is 0 Å². The van der Waals surface area contributed by atoms with Crippen LogP contribution in [0.15, 0.2) is 0 Å². The second kappa shape index (κ2) is 3.72. The van der Waals surface area contributed by atoms with Crippen LogP contribution in [0.1, 0.15) is 26.2 Å². The van der Waals surface area contributed by atoms with Gasteiger partial charge < -0.3 is 5.73 Å². The van der Waals surface area contributed by atoms with Crippen LogP contribution in [0.3, 0.4) is 0 Å². The summed E-state index contributed by atoms with van der Waals surface area (Å²) in [4.78, 5) is 13.1. The topological polar surface area (TPSA) is 46.3 Å². The van der Waals surface area contributed by atoms with E-state index in [1.54, 1.807) is 0 Å². The molecule has 3 heteroatoms. The minimum Gasteiger partial charge on any atom is -0.368 e. The molecule has 0 unspecified atom stereocenters. The van der Waals surface area contributed by atoms with E-state index in [0.29, 0.717) is 0 Å². The van der Waals surface area contributed by atoms with Crippen molar-refractivity contribution < 1.29 is 4.79 Å². The summed E-state index contributed by atoms with van der Waals surface area (Å²) >= 11 is 0. The normalized spacial score (nSPS) is 21.9. The smallest absolute Gasteiger partial charge is 0.234 e. The predicted molar refractivity (Wildman–Crippen MR) is 44.1 cm³/mol. The van der Waals surface area contributed by atoms with Crippen molar-refractivity contribution >= 4 is 5.91 Å². The summed E-state index contributed by atoms with van der Waals surface area (Å²) in [5.41, 5.74) is 5.25. The van der Waals surface area contributed by atoms with Crippen molar-refractivity contribution in [3.8, 4) is 0 Å². The average Bonchev–Trinajstić information content (AvgIpc) is 2.40. The first kappa shape index (κ1) is 8.53. The van der Waals surface area contributed by atoms with Crippen LogP contribution >= 0.6 is 0 Å². The molecule has 0 bridgehead atoms. The summed E-state index contributed by atoms with van der Waals surface area (Å²) in [6.07, 6.45) is 3.27. The molecule has 1 atom stereocenters. The number of likely N-dealkylation sites (tertiary alicyclic amines) is 1. The minimum atomic E-state index is -0.172. The van der Waals surface area contributed by atoms with E-state index in [0.717, 1.165) is 19.5 Å². The van der Waals surface area contributed by atoms with Crippen LogP contribution < -0.4 is 5.73 Å². The zero-order chi connectivity index (χ0) is 8.27. The number of nitrogens with zero attached hydrogens (tertiary/aromatic N) is 1. The summed E-state index contributed by atoms with van der Waals surface area (Å²) < 4.78 is 0. The molecule has 0 spiro atoms. The van der Waals surface area contributed by atoms with Gasteiger partial charge in [-0.05, 0) is 32.4 Å². The zero-order valence-corrected chi connectivity index (χ0v) is 7.05. The molecule has 0 saturated carbocycles. The minimum absolute atomic E-state index is 0.0162. The summed E-state index contributed by atoms with van der Waals surface area (Å²) in [6, 6.07) is -0.0162. The summed E-state index contributed by atoms with van der Waals surface area (Å²) in [6.45, 7) is 4.09. The molecule has 0 aliphatic carbocycles. The summed E-state index contributed by atoms with van der Waals surface area (Å²) in [7, 11) is 0. The first-order valence-corrected chi connectivity index (χ1v) is 4.29. The Morgan fingerprint density at radius 3 is 2.45 bits per heavy atom. The van der Waals surface area contributed by atoms with Crippen LogP contribution in [0.2, 0.25) is 0 Å². The van der Waals surface area contributed by atoms with E-state index in [-0.39, 0.29) is 11.9 Å². The van der Waals surface area contributed by atoms with Crippen molar-refractivity contribution in [1.29, 1.82) is 0 Å². The van der Waals surface area contributed by atoms with Crippen molar-refractivity contribution in [2.75, 3.05) is 13.1 Å². The second-order valence-corrected chi connectivity index (χ2v) is 3.07. The highest BCUT2D eigenvalue weighted by molar-refractivity contribution is 5.79. The van der Waals surface area contributed by atoms with Gasteiger partial charge in [-0.2, -0.15) is 0 Å². The molecule has 3 nitrogen and oxygen atoms in total. The first-order valence-electron chi connectivity index (χ1n) is 4.29. The Morgan fingerprint density at radius 2 is 2.09 bits per heavy atom. The Hall–Kier alpha value is -0.570. The lowest BCUT2D eigenvalue weighted by atomic mass is 10.2. The molecule has 1 fully saturated rings. The summed E-state index contributed by atoms with van der Waals surface area (Å²) in [5.74, 6) is -0.172. The molecule has 0 radical (unpaired) electrons. The van der Waals surface area contributed by atoms with Gasteiger partial charge in [0, 0.05) is 0 Å².